The first-order valence-electron chi connectivity index (χ1n) is 6.81. The molecule has 23 heavy (non-hydrogen) atoms. The number of anilines is 1. The van der Waals surface area contributed by atoms with Crippen LogP contribution in [0.25, 0.3) is 0 Å². The Morgan fingerprint density at radius 1 is 1.09 bits per heavy atom. The fraction of sp³-hybridized carbons (Fsp3) is 0.188. The lowest BCUT2D eigenvalue weighted by atomic mass is 10.1. The second-order valence-electron chi connectivity index (χ2n) is 4.84. The Bertz CT molecular complexity index is 672. The number of carbonyl (C=O) groups excluding carboxylic acids is 1. The molecule has 0 spiro atoms. The smallest absolute Gasteiger partial charge is 0.338 e. The average Bonchev–Trinajstić information content (AvgIpc) is 2.49. The molecule has 0 fully saturated rings. The lowest BCUT2D eigenvalue weighted by Crippen LogP contribution is -2.30. The summed E-state index contributed by atoms with van der Waals surface area (Å²) in [5.74, 6) is 0. The molecule has 122 valence electrons. The fourth-order valence-corrected chi connectivity index (χ4v) is 2.05. The predicted octanol–water partition coefficient (Wildman–Crippen LogP) is 4.72. The monoisotopic (exact) mass is 342 g/mol. The normalized spacial score (nSPS) is 11.1. The molecule has 0 saturated heterocycles. The highest BCUT2D eigenvalue weighted by Gasteiger charge is 2.30. The molecule has 0 bridgehead atoms. The molecule has 0 unspecified atom stereocenters. The van der Waals surface area contributed by atoms with Crippen LogP contribution in [-0.2, 0) is 12.6 Å². The van der Waals surface area contributed by atoms with Crippen LogP contribution in [0.3, 0.4) is 0 Å². The average molecular weight is 343 g/mol. The number of alkyl halides is 3. The van der Waals surface area contributed by atoms with Crippen molar-refractivity contribution in [3.05, 3.63) is 64.7 Å². The topological polar surface area (TPSA) is 41.1 Å². The minimum atomic E-state index is -4.44. The highest BCUT2D eigenvalue weighted by atomic mass is 35.5. The van der Waals surface area contributed by atoms with Crippen LogP contribution in [0.2, 0.25) is 5.02 Å². The van der Waals surface area contributed by atoms with Crippen molar-refractivity contribution in [3.8, 4) is 0 Å². The largest absolute Gasteiger partial charge is 0.416 e. The second-order valence-corrected chi connectivity index (χ2v) is 5.27. The molecule has 0 radical (unpaired) electrons. The third kappa shape index (κ3) is 5.49. The summed E-state index contributed by atoms with van der Waals surface area (Å²) >= 11 is 5.77. The lowest BCUT2D eigenvalue weighted by molar-refractivity contribution is -0.137. The van der Waals surface area contributed by atoms with Gasteiger partial charge in [-0.3, -0.25) is 0 Å². The van der Waals surface area contributed by atoms with Gasteiger partial charge in [-0.1, -0.05) is 29.8 Å². The molecule has 0 aliphatic heterocycles. The molecule has 0 aliphatic carbocycles. The minimum absolute atomic E-state index is 0.0869. The van der Waals surface area contributed by atoms with E-state index >= 15 is 0 Å². The van der Waals surface area contributed by atoms with Gasteiger partial charge in [0.15, 0.2) is 0 Å². The molecule has 0 heterocycles. The van der Waals surface area contributed by atoms with E-state index in [0.29, 0.717) is 18.0 Å². The van der Waals surface area contributed by atoms with Gasteiger partial charge in [0, 0.05) is 17.3 Å². The minimum Gasteiger partial charge on any atom is -0.338 e. The van der Waals surface area contributed by atoms with Crippen molar-refractivity contribution in [2.75, 3.05) is 11.9 Å². The maximum absolute atomic E-state index is 12.6. The van der Waals surface area contributed by atoms with Crippen LogP contribution >= 0.6 is 11.6 Å². The van der Waals surface area contributed by atoms with Crippen molar-refractivity contribution in [1.29, 1.82) is 0 Å². The van der Waals surface area contributed by atoms with Crippen LogP contribution in [0.4, 0.5) is 23.7 Å². The van der Waals surface area contributed by atoms with Gasteiger partial charge in [-0.15, -0.1) is 0 Å². The number of amides is 2. The standard InChI is InChI=1S/C16H14ClF3N2O/c17-13-6-4-11(5-7-13)8-9-21-15(23)22-14-3-1-2-12(10-14)16(18,19)20/h1-7,10H,8-9H2,(H2,21,22,23). The summed E-state index contributed by atoms with van der Waals surface area (Å²) in [5, 5.41) is 5.60. The Hall–Kier alpha value is -2.21. The lowest BCUT2D eigenvalue weighted by Gasteiger charge is -2.10. The second kappa shape index (κ2) is 7.37. The maximum atomic E-state index is 12.6. The number of nitrogens with one attached hydrogen (secondary N) is 2. The Labute approximate surface area is 136 Å². The van der Waals surface area contributed by atoms with Crippen molar-refractivity contribution < 1.29 is 18.0 Å². The molecule has 2 aromatic rings. The van der Waals surface area contributed by atoms with Crippen LogP contribution in [0.5, 0.6) is 0 Å². The number of halogens is 4. The number of carbonyl (C=O) groups is 1. The van der Waals surface area contributed by atoms with Crippen molar-refractivity contribution in [2.45, 2.75) is 12.6 Å². The summed E-state index contributed by atoms with van der Waals surface area (Å²) in [5.41, 5.74) is 0.272. The van der Waals surface area contributed by atoms with E-state index < -0.39 is 17.8 Å². The first-order valence-corrected chi connectivity index (χ1v) is 7.19. The van der Waals surface area contributed by atoms with E-state index in [0.717, 1.165) is 17.7 Å². The molecule has 2 N–H and O–H groups in total. The molecule has 3 nitrogen and oxygen atoms in total. The van der Waals surface area contributed by atoms with Gasteiger partial charge in [-0.2, -0.15) is 13.2 Å². The number of urea groups is 1. The Morgan fingerprint density at radius 2 is 1.78 bits per heavy atom. The number of benzene rings is 2. The van der Waals surface area contributed by atoms with Gasteiger partial charge in [-0.05, 0) is 42.3 Å². The SMILES string of the molecule is O=C(NCCc1ccc(Cl)cc1)Nc1cccc(C(F)(F)F)c1. The van der Waals surface area contributed by atoms with Crippen LogP contribution in [0.1, 0.15) is 11.1 Å². The fourth-order valence-electron chi connectivity index (χ4n) is 1.92. The van der Waals surface area contributed by atoms with E-state index in [1.54, 1.807) is 12.1 Å². The molecule has 2 rings (SSSR count). The molecule has 0 aromatic heterocycles. The molecular formula is C16H14ClF3N2O. The third-order valence-corrected chi connectivity index (χ3v) is 3.31. The summed E-state index contributed by atoms with van der Waals surface area (Å²) in [6.45, 7) is 0.354. The number of rotatable bonds is 4. The van der Waals surface area contributed by atoms with E-state index in [1.165, 1.54) is 12.1 Å². The highest BCUT2D eigenvalue weighted by molar-refractivity contribution is 6.30. The molecule has 2 aromatic carbocycles. The van der Waals surface area contributed by atoms with Crippen molar-refractivity contribution in [2.24, 2.45) is 0 Å². The van der Waals surface area contributed by atoms with Gasteiger partial charge in [-0.25, -0.2) is 4.79 Å². The van der Waals surface area contributed by atoms with Crippen LogP contribution in [-0.4, -0.2) is 12.6 Å². The molecular weight excluding hydrogens is 329 g/mol. The summed E-state index contributed by atoms with van der Waals surface area (Å²) in [6.07, 6.45) is -3.85. The maximum Gasteiger partial charge on any atom is 0.416 e. The Kier molecular flexibility index (Phi) is 5.50. The molecule has 0 saturated carbocycles. The molecule has 0 aliphatic rings. The first-order chi connectivity index (χ1) is 10.8. The van der Waals surface area contributed by atoms with Crippen LogP contribution < -0.4 is 10.6 Å². The molecule has 2 amide bonds. The third-order valence-electron chi connectivity index (χ3n) is 3.06. The summed E-state index contributed by atoms with van der Waals surface area (Å²) < 4.78 is 37.8. The van der Waals surface area contributed by atoms with Crippen molar-refractivity contribution in [1.82, 2.24) is 5.32 Å². The predicted molar refractivity (Wildman–Crippen MR) is 83.6 cm³/mol. The van der Waals surface area contributed by atoms with Crippen LogP contribution in [0, 0.1) is 0 Å². The van der Waals surface area contributed by atoms with Crippen molar-refractivity contribution >= 4 is 23.3 Å². The van der Waals surface area contributed by atoms with E-state index in [4.69, 9.17) is 11.6 Å². The Morgan fingerprint density at radius 3 is 2.43 bits per heavy atom. The number of hydrogen-bond donors (Lipinski definition) is 2. The van der Waals surface area contributed by atoms with Gasteiger partial charge in [0.25, 0.3) is 0 Å². The van der Waals surface area contributed by atoms with E-state index in [1.807, 2.05) is 12.1 Å². The van der Waals surface area contributed by atoms with E-state index in [-0.39, 0.29) is 5.69 Å². The highest BCUT2D eigenvalue weighted by Crippen LogP contribution is 2.30. The zero-order chi connectivity index (χ0) is 16.9. The van der Waals surface area contributed by atoms with E-state index in [2.05, 4.69) is 10.6 Å². The van der Waals surface area contributed by atoms with Gasteiger partial charge in [0.1, 0.15) is 0 Å². The zero-order valence-electron chi connectivity index (χ0n) is 12.0. The Balaban J connectivity index is 1.84. The van der Waals surface area contributed by atoms with Gasteiger partial charge < -0.3 is 10.6 Å². The zero-order valence-corrected chi connectivity index (χ0v) is 12.7. The summed E-state index contributed by atoms with van der Waals surface area (Å²) in [7, 11) is 0. The summed E-state index contributed by atoms with van der Waals surface area (Å²) in [4.78, 5) is 11.7. The first kappa shape index (κ1) is 17.1. The van der Waals surface area contributed by atoms with Gasteiger partial charge in [0.05, 0.1) is 5.56 Å². The molecule has 0 atom stereocenters. The quantitative estimate of drug-likeness (QED) is 0.829. The van der Waals surface area contributed by atoms with Gasteiger partial charge >= 0.3 is 12.2 Å². The summed E-state index contributed by atoms with van der Waals surface area (Å²) in [6, 6.07) is 11.1. The van der Waals surface area contributed by atoms with Crippen LogP contribution in [0.15, 0.2) is 48.5 Å². The van der Waals surface area contributed by atoms with E-state index in [9.17, 15) is 18.0 Å². The van der Waals surface area contributed by atoms with Crippen molar-refractivity contribution in [3.63, 3.8) is 0 Å². The van der Waals surface area contributed by atoms with Gasteiger partial charge in [0.2, 0.25) is 0 Å². The number of hydrogen-bond acceptors (Lipinski definition) is 1. The molecule has 7 heteroatoms.